The number of hydrogen-bond donors (Lipinski definition) is 2. The molecule has 0 spiro atoms. The summed E-state index contributed by atoms with van der Waals surface area (Å²) >= 11 is 0. The molecule has 0 fully saturated rings. The Bertz CT molecular complexity index is 236. The second-order valence-electron chi connectivity index (χ2n) is 2.36. The molecule has 0 aliphatic rings. The number of carbonyl (C=O) groups is 2. The molecule has 0 unspecified atom stereocenters. The molecule has 0 amide bonds. The maximum Gasteiger partial charge on any atom is 0.346 e. The van der Waals surface area contributed by atoms with Gasteiger partial charge in [-0.25, -0.2) is 9.59 Å². The molecular weight excluding hydrogens is 204 g/mol. The zero-order valence-electron chi connectivity index (χ0n) is 8.00. The Morgan fingerprint density at radius 2 is 1.40 bits per heavy atom. The third-order valence-electron chi connectivity index (χ3n) is 1.13. The fourth-order valence-corrected chi connectivity index (χ4v) is 0.622. The summed E-state index contributed by atoms with van der Waals surface area (Å²) in [5.74, 6) is -2.19. The van der Waals surface area contributed by atoms with Crippen molar-refractivity contribution in [2.45, 2.75) is 0 Å². The molecule has 0 heterocycles. The van der Waals surface area contributed by atoms with Crippen molar-refractivity contribution >= 4 is 24.4 Å². The highest BCUT2D eigenvalue weighted by atomic mass is 16.5. The Morgan fingerprint density at radius 1 is 1.00 bits per heavy atom. The molecule has 0 aromatic heterocycles. The lowest BCUT2D eigenvalue weighted by Gasteiger charge is -1.97. The largest absolute Gasteiger partial charge is 0.477 e. The van der Waals surface area contributed by atoms with Gasteiger partial charge in [0.1, 0.15) is 12.4 Å². The summed E-state index contributed by atoms with van der Waals surface area (Å²) in [7, 11) is 0. The molecule has 84 valence electrons. The summed E-state index contributed by atoms with van der Waals surface area (Å²) in [6.07, 6.45) is 1.60. The van der Waals surface area contributed by atoms with Gasteiger partial charge in [-0.1, -0.05) is 0 Å². The minimum atomic E-state index is -1.10. The highest BCUT2D eigenvalue weighted by Gasteiger charge is 1.89. The zero-order valence-corrected chi connectivity index (χ0v) is 8.00. The monoisotopic (exact) mass is 216 g/mol. The van der Waals surface area contributed by atoms with Crippen LogP contribution < -0.4 is 0 Å². The maximum absolute atomic E-state index is 9.97. The highest BCUT2D eigenvalue weighted by Crippen LogP contribution is 1.78. The van der Waals surface area contributed by atoms with Gasteiger partial charge in [0.15, 0.2) is 0 Å². The van der Waals surface area contributed by atoms with Gasteiger partial charge in [0, 0.05) is 0 Å². The smallest absolute Gasteiger partial charge is 0.346 e. The number of carboxylic acids is 2. The van der Waals surface area contributed by atoms with Gasteiger partial charge >= 0.3 is 11.9 Å². The van der Waals surface area contributed by atoms with Crippen LogP contribution in [0.5, 0.6) is 0 Å². The van der Waals surface area contributed by atoms with Crippen molar-refractivity contribution in [3.63, 3.8) is 0 Å². The van der Waals surface area contributed by atoms with Crippen LogP contribution in [0.1, 0.15) is 0 Å². The summed E-state index contributed by atoms with van der Waals surface area (Å²) in [5.41, 5.74) is 0. The average molecular weight is 216 g/mol. The first-order valence-electron chi connectivity index (χ1n) is 4.16. The van der Waals surface area contributed by atoms with E-state index in [1.165, 1.54) is 0 Å². The van der Waals surface area contributed by atoms with Crippen molar-refractivity contribution in [2.75, 3.05) is 26.3 Å². The fraction of sp³-hybridized carbons (Fsp3) is 0.500. The minimum Gasteiger partial charge on any atom is -0.477 e. The van der Waals surface area contributed by atoms with E-state index in [0.717, 1.165) is 12.4 Å². The average Bonchev–Trinajstić information content (AvgIpc) is 2.14. The fourth-order valence-electron chi connectivity index (χ4n) is 0.622. The number of hydrogen-bond acceptors (Lipinski definition) is 5. The summed E-state index contributed by atoms with van der Waals surface area (Å²) in [5, 5.41) is 16.3. The predicted octanol–water partition coefficient (Wildman–Crippen LogP) is -0.686. The number of aliphatic carboxylic acids is 2. The van der Waals surface area contributed by atoms with Crippen molar-refractivity contribution in [1.82, 2.24) is 0 Å². The van der Waals surface area contributed by atoms with Crippen LogP contribution >= 0.6 is 0 Å². The Labute approximate surface area is 86.1 Å². The molecule has 0 saturated carbocycles. The van der Waals surface area contributed by atoms with Gasteiger partial charge in [0.05, 0.1) is 26.3 Å². The van der Waals surface area contributed by atoms with Crippen LogP contribution in [0.3, 0.4) is 0 Å². The summed E-state index contributed by atoms with van der Waals surface area (Å²) in [4.78, 5) is 27.0. The second kappa shape index (κ2) is 8.82. The lowest BCUT2D eigenvalue weighted by atomic mass is 10.6. The SMILES string of the molecule is O=C(O)C=NCCOCCN=CC(=O)O. The summed E-state index contributed by atoms with van der Waals surface area (Å²) in [6, 6.07) is 0. The number of carboxylic acid groups (broad SMARTS) is 2. The zero-order chi connectivity index (χ0) is 11.5. The van der Waals surface area contributed by atoms with E-state index in [4.69, 9.17) is 14.9 Å². The van der Waals surface area contributed by atoms with E-state index in [1.54, 1.807) is 0 Å². The molecule has 0 aromatic carbocycles. The van der Waals surface area contributed by atoms with Crippen LogP contribution in [-0.4, -0.2) is 60.9 Å². The Balaban J connectivity index is 3.25. The van der Waals surface area contributed by atoms with Gasteiger partial charge in [-0.05, 0) is 0 Å². The second-order valence-corrected chi connectivity index (χ2v) is 2.36. The van der Waals surface area contributed by atoms with Crippen LogP contribution in [0.25, 0.3) is 0 Å². The molecule has 0 bridgehead atoms. The summed E-state index contributed by atoms with van der Waals surface area (Å²) < 4.78 is 4.98. The molecule has 0 rings (SSSR count). The lowest BCUT2D eigenvalue weighted by Crippen LogP contribution is -2.05. The number of ether oxygens (including phenoxy) is 1. The number of nitrogens with zero attached hydrogens (tertiary/aromatic N) is 2. The molecule has 0 atom stereocenters. The van der Waals surface area contributed by atoms with Crippen molar-refractivity contribution in [3.8, 4) is 0 Å². The van der Waals surface area contributed by atoms with Crippen molar-refractivity contribution in [1.29, 1.82) is 0 Å². The molecule has 0 aliphatic carbocycles. The summed E-state index contributed by atoms with van der Waals surface area (Å²) in [6.45, 7) is 1.09. The van der Waals surface area contributed by atoms with Gasteiger partial charge in [-0.3, -0.25) is 9.98 Å². The van der Waals surface area contributed by atoms with E-state index in [-0.39, 0.29) is 26.3 Å². The molecule has 0 saturated heterocycles. The Kier molecular flexibility index (Phi) is 7.79. The Morgan fingerprint density at radius 3 is 1.73 bits per heavy atom. The molecule has 7 nitrogen and oxygen atoms in total. The van der Waals surface area contributed by atoms with Crippen molar-refractivity contribution in [3.05, 3.63) is 0 Å². The van der Waals surface area contributed by atoms with Gasteiger partial charge in [0.25, 0.3) is 0 Å². The first-order chi connectivity index (χ1) is 7.13. The van der Waals surface area contributed by atoms with Crippen LogP contribution in [0.4, 0.5) is 0 Å². The first kappa shape index (κ1) is 13.2. The molecule has 0 radical (unpaired) electrons. The van der Waals surface area contributed by atoms with E-state index in [9.17, 15) is 9.59 Å². The van der Waals surface area contributed by atoms with Gasteiger partial charge in [-0.15, -0.1) is 0 Å². The van der Waals surface area contributed by atoms with Crippen LogP contribution in [0, 0.1) is 0 Å². The quantitative estimate of drug-likeness (QED) is 0.412. The number of rotatable bonds is 8. The standard InChI is InChI=1S/C8H12N2O5/c11-7(12)5-9-1-3-15-4-2-10-6-8(13)14/h5-6H,1-4H2,(H,11,12)(H,13,14). The van der Waals surface area contributed by atoms with Gasteiger partial charge in [-0.2, -0.15) is 0 Å². The van der Waals surface area contributed by atoms with E-state index in [0.29, 0.717) is 0 Å². The molecule has 0 aromatic rings. The van der Waals surface area contributed by atoms with Gasteiger partial charge < -0.3 is 14.9 Å². The van der Waals surface area contributed by atoms with Crippen molar-refractivity contribution < 1.29 is 24.5 Å². The molecular formula is C8H12N2O5. The van der Waals surface area contributed by atoms with Crippen molar-refractivity contribution in [2.24, 2.45) is 9.98 Å². The first-order valence-corrected chi connectivity index (χ1v) is 4.16. The van der Waals surface area contributed by atoms with E-state index >= 15 is 0 Å². The van der Waals surface area contributed by atoms with Crippen LogP contribution in [-0.2, 0) is 14.3 Å². The maximum atomic E-state index is 9.97. The van der Waals surface area contributed by atoms with Crippen LogP contribution in [0.15, 0.2) is 9.98 Å². The minimum absolute atomic E-state index is 0.259. The third-order valence-corrected chi connectivity index (χ3v) is 1.13. The van der Waals surface area contributed by atoms with E-state index in [2.05, 4.69) is 9.98 Å². The predicted molar refractivity (Wildman–Crippen MR) is 52.8 cm³/mol. The normalized spacial score (nSPS) is 11.2. The van der Waals surface area contributed by atoms with E-state index < -0.39 is 11.9 Å². The van der Waals surface area contributed by atoms with Crippen LogP contribution in [0.2, 0.25) is 0 Å². The highest BCUT2D eigenvalue weighted by molar-refractivity contribution is 6.22. The lowest BCUT2D eigenvalue weighted by molar-refractivity contribution is -0.129. The Hall–Kier alpha value is -1.76. The van der Waals surface area contributed by atoms with E-state index in [1.807, 2.05) is 0 Å². The molecule has 0 aliphatic heterocycles. The van der Waals surface area contributed by atoms with Gasteiger partial charge in [0.2, 0.25) is 0 Å². The molecule has 2 N–H and O–H groups in total. The molecule has 15 heavy (non-hydrogen) atoms. The third kappa shape index (κ3) is 12.2. The topological polar surface area (TPSA) is 109 Å². The molecule has 7 heteroatoms. The number of aliphatic imine (C=N–C) groups is 2.